The normalized spacial score (nSPS) is 22.0. The third-order valence-corrected chi connectivity index (χ3v) is 2.94. The first-order valence-corrected chi connectivity index (χ1v) is 6.08. The first kappa shape index (κ1) is 11.8. The van der Waals surface area contributed by atoms with Crippen LogP contribution in [-0.4, -0.2) is 29.3 Å². The fourth-order valence-corrected chi connectivity index (χ4v) is 2.03. The van der Waals surface area contributed by atoms with E-state index in [0.29, 0.717) is 0 Å². The molecule has 1 rings (SSSR count). The highest BCUT2D eigenvalue weighted by molar-refractivity contribution is 6.30. The summed E-state index contributed by atoms with van der Waals surface area (Å²) in [6, 6.07) is 0. The van der Waals surface area contributed by atoms with E-state index in [1.54, 1.807) is 6.92 Å². The van der Waals surface area contributed by atoms with E-state index in [1.807, 2.05) is 4.90 Å². The lowest BCUT2D eigenvalue weighted by Crippen LogP contribution is -2.37. The molecular formula is C11H20ClNO. The summed E-state index contributed by atoms with van der Waals surface area (Å²) in [7, 11) is 0. The third kappa shape index (κ3) is 3.87. The molecule has 1 aliphatic heterocycles. The summed E-state index contributed by atoms with van der Waals surface area (Å²) in [4.78, 5) is 13.6. The van der Waals surface area contributed by atoms with Crippen molar-refractivity contribution in [3.05, 3.63) is 0 Å². The summed E-state index contributed by atoms with van der Waals surface area (Å²) in [5, 5.41) is -0.365. The van der Waals surface area contributed by atoms with Crippen LogP contribution in [0.4, 0.5) is 0 Å². The zero-order valence-corrected chi connectivity index (χ0v) is 9.72. The van der Waals surface area contributed by atoms with E-state index >= 15 is 0 Å². The van der Waals surface area contributed by atoms with Crippen molar-refractivity contribution in [3.8, 4) is 0 Å². The van der Waals surface area contributed by atoms with Crippen molar-refractivity contribution >= 4 is 17.5 Å². The number of nitrogens with zero attached hydrogens (tertiary/aromatic N) is 1. The molecule has 1 saturated heterocycles. The Morgan fingerprint density at radius 2 is 1.50 bits per heavy atom. The van der Waals surface area contributed by atoms with Crippen LogP contribution >= 0.6 is 11.6 Å². The van der Waals surface area contributed by atoms with Gasteiger partial charge in [0.1, 0.15) is 5.38 Å². The zero-order chi connectivity index (χ0) is 10.4. The number of rotatable bonds is 1. The number of alkyl halides is 1. The van der Waals surface area contributed by atoms with Crippen LogP contribution in [0.3, 0.4) is 0 Å². The Bertz CT molecular complexity index is 172. The van der Waals surface area contributed by atoms with Crippen LogP contribution in [0.2, 0.25) is 0 Å². The lowest BCUT2D eigenvalue weighted by Gasteiger charge is -2.23. The van der Waals surface area contributed by atoms with E-state index in [4.69, 9.17) is 11.6 Å². The number of halogens is 1. The maximum absolute atomic E-state index is 11.7. The van der Waals surface area contributed by atoms with Crippen molar-refractivity contribution in [3.63, 3.8) is 0 Å². The first-order valence-electron chi connectivity index (χ1n) is 5.64. The summed E-state index contributed by atoms with van der Waals surface area (Å²) < 4.78 is 0. The number of hydrogen-bond donors (Lipinski definition) is 0. The second-order valence-electron chi connectivity index (χ2n) is 4.06. The molecule has 1 aliphatic rings. The van der Waals surface area contributed by atoms with Gasteiger partial charge in [0.25, 0.3) is 0 Å². The van der Waals surface area contributed by atoms with Gasteiger partial charge in [-0.3, -0.25) is 4.79 Å². The average Bonchev–Trinajstić information content (AvgIpc) is 2.29. The van der Waals surface area contributed by atoms with E-state index in [1.165, 1.54) is 25.7 Å². The van der Waals surface area contributed by atoms with Gasteiger partial charge in [-0.25, -0.2) is 0 Å². The monoisotopic (exact) mass is 217 g/mol. The molecule has 1 heterocycles. The molecule has 3 heteroatoms. The first-order chi connectivity index (χ1) is 6.72. The van der Waals surface area contributed by atoms with Gasteiger partial charge in [0.05, 0.1) is 0 Å². The van der Waals surface area contributed by atoms with Gasteiger partial charge in [-0.05, 0) is 19.8 Å². The second-order valence-corrected chi connectivity index (χ2v) is 4.72. The molecule has 82 valence electrons. The second kappa shape index (κ2) is 6.28. The zero-order valence-electron chi connectivity index (χ0n) is 8.97. The maximum Gasteiger partial charge on any atom is 0.240 e. The molecule has 2 nitrogen and oxygen atoms in total. The van der Waals surface area contributed by atoms with Crippen LogP contribution in [0.5, 0.6) is 0 Å². The SMILES string of the molecule is CC(Cl)C(=O)N1CCCCCCCC1. The van der Waals surface area contributed by atoms with Crippen molar-refractivity contribution in [2.24, 2.45) is 0 Å². The Balaban J connectivity index is 2.43. The highest BCUT2D eigenvalue weighted by atomic mass is 35.5. The molecule has 0 aromatic rings. The molecule has 0 bridgehead atoms. The predicted molar refractivity (Wildman–Crippen MR) is 59.6 cm³/mol. The van der Waals surface area contributed by atoms with Crippen LogP contribution in [-0.2, 0) is 4.79 Å². The molecule has 0 aromatic heterocycles. The van der Waals surface area contributed by atoms with Crippen molar-refractivity contribution in [1.82, 2.24) is 4.90 Å². The quantitative estimate of drug-likeness (QED) is 0.619. The lowest BCUT2D eigenvalue weighted by molar-refractivity contribution is -0.130. The largest absolute Gasteiger partial charge is 0.341 e. The van der Waals surface area contributed by atoms with E-state index in [-0.39, 0.29) is 11.3 Å². The number of amides is 1. The molecule has 1 atom stereocenters. The van der Waals surface area contributed by atoms with Crippen LogP contribution in [0.25, 0.3) is 0 Å². The number of hydrogen-bond acceptors (Lipinski definition) is 1. The van der Waals surface area contributed by atoms with Crippen molar-refractivity contribution < 1.29 is 4.79 Å². The molecule has 0 saturated carbocycles. The number of carbonyl (C=O) groups excluding carboxylic acids is 1. The molecular weight excluding hydrogens is 198 g/mol. The molecule has 0 radical (unpaired) electrons. The summed E-state index contributed by atoms with van der Waals surface area (Å²) in [5.41, 5.74) is 0. The minimum Gasteiger partial charge on any atom is -0.341 e. The molecule has 1 unspecified atom stereocenters. The molecule has 1 fully saturated rings. The summed E-state index contributed by atoms with van der Waals surface area (Å²) in [5.74, 6) is 0.105. The molecule has 1 amide bonds. The summed E-state index contributed by atoms with van der Waals surface area (Å²) in [6.07, 6.45) is 7.41. The van der Waals surface area contributed by atoms with Crippen molar-refractivity contribution in [1.29, 1.82) is 0 Å². The molecule has 0 aromatic carbocycles. The molecule has 0 N–H and O–H groups in total. The summed E-state index contributed by atoms with van der Waals surface area (Å²) >= 11 is 5.81. The third-order valence-electron chi connectivity index (χ3n) is 2.76. The van der Waals surface area contributed by atoms with Crippen molar-refractivity contribution in [2.45, 2.75) is 50.8 Å². The fraction of sp³-hybridized carbons (Fsp3) is 0.909. The highest BCUT2D eigenvalue weighted by Crippen LogP contribution is 2.12. The average molecular weight is 218 g/mol. The van der Waals surface area contributed by atoms with Crippen LogP contribution in [0.1, 0.15) is 45.4 Å². The minimum atomic E-state index is -0.365. The summed E-state index contributed by atoms with van der Waals surface area (Å²) in [6.45, 7) is 3.56. The van der Waals surface area contributed by atoms with Gasteiger partial charge in [-0.2, -0.15) is 0 Å². The van der Waals surface area contributed by atoms with Gasteiger partial charge in [-0.15, -0.1) is 11.6 Å². The Morgan fingerprint density at radius 3 is 1.93 bits per heavy atom. The molecule has 14 heavy (non-hydrogen) atoms. The Hall–Kier alpha value is -0.240. The minimum absolute atomic E-state index is 0.105. The van der Waals surface area contributed by atoms with E-state index in [0.717, 1.165) is 25.9 Å². The van der Waals surface area contributed by atoms with Gasteiger partial charge < -0.3 is 4.90 Å². The maximum atomic E-state index is 11.7. The lowest BCUT2D eigenvalue weighted by atomic mass is 10.1. The Morgan fingerprint density at radius 1 is 1.07 bits per heavy atom. The molecule has 0 spiro atoms. The Kier molecular flexibility index (Phi) is 5.31. The van der Waals surface area contributed by atoms with Gasteiger partial charge in [-0.1, -0.05) is 25.7 Å². The van der Waals surface area contributed by atoms with Crippen LogP contribution in [0, 0.1) is 0 Å². The highest BCUT2D eigenvalue weighted by Gasteiger charge is 2.18. The smallest absolute Gasteiger partial charge is 0.240 e. The topological polar surface area (TPSA) is 20.3 Å². The fourth-order valence-electron chi connectivity index (χ4n) is 1.90. The van der Waals surface area contributed by atoms with E-state index in [9.17, 15) is 4.79 Å². The van der Waals surface area contributed by atoms with Crippen LogP contribution < -0.4 is 0 Å². The molecule has 0 aliphatic carbocycles. The van der Waals surface area contributed by atoms with Gasteiger partial charge >= 0.3 is 0 Å². The number of carbonyl (C=O) groups is 1. The van der Waals surface area contributed by atoms with Gasteiger partial charge in [0.2, 0.25) is 5.91 Å². The van der Waals surface area contributed by atoms with E-state index in [2.05, 4.69) is 0 Å². The van der Waals surface area contributed by atoms with Gasteiger partial charge in [0, 0.05) is 13.1 Å². The van der Waals surface area contributed by atoms with Gasteiger partial charge in [0.15, 0.2) is 0 Å². The predicted octanol–water partition coefficient (Wildman–Crippen LogP) is 2.80. The standard InChI is InChI=1S/C11H20ClNO/c1-10(12)11(14)13-8-6-4-2-3-5-7-9-13/h10H,2-9H2,1H3. The van der Waals surface area contributed by atoms with E-state index < -0.39 is 0 Å². The Labute approximate surface area is 91.6 Å². The van der Waals surface area contributed by atoms with Crippen molar-refractivity contribution in [2.75, 3.05) is 13.1 Å². The van der Waals surface area contributed by atoms with Crippen LogP contribution in [0.15, 0.2) is 0 Å².